The highest BCUT2D eigenvalue weighted by molar-refractivity contribution is 4.70. The molecule has 0 aliphatic rings. The molecule has 0 saturated heterocycles. The van der Waals surface area contributed by atoms with E-state index >= 15 is 0 Å². The molecular formula is C15H32. The Labute approximate surface area is 97.8 Å². The molecule has 15 heavy (non-hydrogen) atoms. The summed E-state index contributed by atoms with van der Waals surface area (Å²) in [6, 6.07) is 0. The van der Waals surface area contributed by atoms with Crippen molar-refractivity contribution in [1.82, 2.24) is 0 Å². The molecule has 0 aromatic rings. The van der Waals surface area contributed by atoms with E-state index in [1.165, 1.54) is 19.3 Å². The molecule has 0 heterocycles. The highest BCUT2D eigenvalue weighted by Crippen LogP contribution is 2.29. The Bertz CT molecular complexity index is 138. The zero-order valence-corrected chi connectivity index (χ0v) is 12.0. The van der Waals surface area contributed by atoms with Crippen molar-refractivity contribution in [3.63, 3.8) is 0 Å². The molecule has 0 heteroatoms. The van der Waals surface area contributed by atoms with E-state index in [1.807, 2.05) is 0 Å². The van der Waals surface area contributed by atoms with Crippen LogP contribution in [0.2, 0.25) is 0 Å². The van der Waals surface area contributed by atoms with Gasteiger partial charge >= 0.3 is 0 Å². The van der Waals surface area contributed by atoms with E-state index in [0.29, 0.717) is 0 Å². The lowest BCUT2D eigenvalue weighted by Crippen LogP contribution is -2.18. The van der Waals surface area contributed by atoms with Crippen LogP contribution in [-0.4, -0.2) is 0 Å². The van der Waals surface area contributed by atoms with Gasteiger partial charge in [-0.25, -0.2) is 0 Å². The minimum Gasteiger partial charge on any atom is -0.0651 e. The predicted molar refractivity (Wildman–Crippen MR) is 71.0 cm³/mol. The molecule has 0 rings (SSSR count). The maximum absolute atomic E-state index is 2.42. The Balaban J connectivity index is 3.99. The first kappa shape index (κ1) is 15.0. The van der Waals surface area contributed by atoms with Gasteiger partial charge in [0.05, 0.1) is 0 Å². The van der Waals surface area contributed by atoms with E-state index in [9.17, 15) is 0 Å². The van der Waals surface area contributed by atoms with Crippen molar-refractivity contribution >= 4 is 0 Å². The van der Waals surface area contributed by atoms with Crippen molar-refractivity contribution in [3.05, 3.63) is 0 Å². The van der Waals surface area contributed by atoms with Gasteiger partial charge in [-0.05, 0) is 36.0 Å². The van der Waals surface area contributed by atoms with Gasteiger partial charge in [0.2, 0.25) is 0 Å². The Morgan fingerprint density at radius 1 is 0.667 bits per heavy atom. The van der Waals surface area contributed by atoms with Crippen LogP contribution in [0.5, 0.6) is 0 Å². The maximum Gasteiger partial charge on any atom is -0.0368 e. The molecule has 92 valence electrons. The van der Waals surface area contributed by atoms with Crippen molar-refractivity contribution in [3.8, 4) is 0 Å². The second-order valence-electron chi connectivity index (χ2n) is 6.09. The highest BCUT2D eigenvalue weighted by Gasteiger charge is 2.19. The lowest BCUT2D eigenvalue weighted by molar-refractivity contribution is 0.231. The molecule has 2 atom stereocenters. The molecule has 0 bridgehead atoms. The van der Waals surface area contributed by atoms with Crippen molar-refractivity contribution in [2.45, 2.75) is 67.7 Å². The fraction of sp³-hybridized carbons (Fsp3) is 1.00. The number of rotatable bonds is 7. The molecule has 0 aromatic carbocycles. The molecule has 0 N–H and O–H groups in total. The number of hydrogen-bond donors (Lipinski definition) is 0. The minimum atomic E-state index is 0.842. The fourth-order valence-electron chi connectivity index (χ4n) is 2.58. The molecule has 0 radical (unpaired) electrons. The zero-order chi connectivity index (χ0) is 12.0. The zero-order valence-electron chi connectivity index (χ0n) is 12.0. The van der Waals surface area contributed by atoms with Gasteiger partial charge in [-0.15, -0.1) is 0 Å². The first-order valence-electron chi connectivity index (χ1n) is 6.90. The molecule has 0 aliphatic carbocycles. The smallest absolute Gasteiger partial charge is 0.0368 e. The van der Waals surface area contributed by atoms with Gasteiger partial charge in [-0.2, -0.15) is 0 Å². The highest BCUT2D eigenvalue weighted by atomic mass is 14.2. The predicted octanol–water partition coefficient (Wildman–Crippen LogP) is 5.38. The summed E-state index contributed by atoms with van der Waals surface area (Å²) in [5, 5.41) is 0. The maximum atomic E-state index is 2.42. The topological polar surface area (TPSA) is 0 Å². The van der Waals surface area contributed by atoms with Crippen LogP contribution >= 0.6 is 0 Å². The quantitative estimate of drug-likeness (QED) is 0.531. The first-order valence-corrected chi connectivity index (χ1v) is 6.90. The molecule has 0 amide bonds. The first-order chi connectivity index (χ1) is 6.90. The van der Waals surface area contributed by atoms with Crippen molar-refractivity contribution in [2.75, 3.05) is 0 Å². The summed E-state index contributed by atoms with van der Waals surface area (Å²) < 4.78 is 0. The van der Waals surface area contributed by atoms with E-state index in [2.05, 4.69) is 48.5 Å². The second-order valence-corrected chi connectivity index (χ2v) is 6.09. The number of hydrogen-bond acceptors (Lipinski definition) is 0. The van der Waals surface area contributed by atoms with Gasteiger partial charge in [-0.1, -0.05) is 61.3 Å². The van der Waals surface area contributed by atoms with Crippen LogP contribution in [-0.2, 0) is 0 Å². The van der Waals surface area contributed by atoms with Gasteiger partial charge in [0.1, 0.15) is 0 Å². The Morgan fingerprint density at radius 2 is 1.13 bits per heavy atom. The summed E-state index contributed by atoms with van der Waals surface area (Å²) in [7, 11) is 0. The third-order valence-electron chi connectivity index (χ3n) is 4.28. The minimum absolute atomic E-state index is 0.842. The molecule has 0 nitrogen and oxygen atoms in total. The molecule has 0 aliphatic heterocycles. The molecule has 0 aromatic heterocycles. The van der Waals surface area contributed by atoms with Crippen LogP contribution in [0.4, 0.5) is 0 Å². The van der Waals surface area contributed by atoms with Gasteiger partial charge in [0, 0.05) is 0 Å². The van der Waals surface area contributed by atoms with Crippen LogP contribution in [0.3, 0.4) is 0 Å². The van der Waals surface area contributed by atoms with Crippen molar-refractivity contribution < 1.29 is 0 Å². The Morgan fingerprint density at radius 3 is 1.47 bits per heavy atom. The van der Waals surface area contributed by atoms with Gasteiger partial charge in [-0.3, -0.25) is 0 Å². The summed E-state index contributed by atoms with van der Waals surface area (Å²) in [5.74, 6) is 4.39. The van der Waals surface area contributed by atoms with Crippen molar-refractivity contribution in [1.29, 1.82) is 0 Å². The van der Waals surface area contributed by atoms with E-state index in [0.717, 1.165) is 29.6 Å². The Kier molecular flexibility index (Phi) is 7.30. The van der Waals surface area contributed by atoms with Gasteiger partial charge < -0.3 is 0 Å². The molecular weight excluding hydrogens is 180 g/mol. The third kappa shape index (κ3) is 5.58. The Hall–Kier alpha value is 0. The van der Waals surface area contributed by atoms with Crippen molar-refractivity contribution in [2.24, 2.45) is 29.6 Å². The molecule has 2 unspecified atom stereocenters. The summed E-state index contributed by atoms with van der Waals surface area (Å²) in [5.41, 5.74) is 0. The third-order valence-corrected chi connectivity index (χ3v) is 4.28. The van der Waals surface area contributed by atoms with Gasteiger partial charge in [0.25, 0.3) is 0 Å². The van der Waals surface area contributed by atoms with E-state index in [-0.39, 0.29) is 0 Å². The average molecular weight is 212 g/mol. The van der Waals surface area contributed by atoms with E-state index in [4.69, 9.17) is 0 Å². The van der Waals surface area contributed by atoms with Crippen LogP contribution in [0, 0.1) is 29.6 Å². The summed E-state index contributed by atoms with van der Waals surface area (Å²) >= 11 is 0. The summed E-state index contributed by atoms with van der Waals surface area (Å²) in [4.78, 5) is 0. The monoisotopic (exact) mass is 212 g/mol. The van der Waals surface area contributed by atoms with E-state index < -0.39 is 0 Å². The van der Waals surface area contributed by atoms with Crippen LogP contribution < -0.4 is 0 Å². The largest absolute Gasteiger partial charge is 0.0651 e. The standard InChI is InChI=1S/C15H32/c1-8-13(6)14(7)9-10-15(11(2)3)12(4)5/h11-15H,8-10H2,1-7H3. The SMILES string of the molecule is CCC(C)C(C)CCC(C(C)C)C(C)C. The average Bonchev–Trinajstić information content (AvgIpc) is 2.15. The lowest BCUT2D eigenvalue weighted by atomic mass is 9.78. The lowest BCUT2D eigenvalue weighted by Gasteiger charge is -2.27. The fourth-order valence-corrected chi connectivity index (χ4v) is 2.58. The van der Waals surface area contributed by atoms with Gasteiger partial charge in [0.15, 0.2) is 0 Å². The van der Waals surface area contributed by atoms with Crippen LogP contribution in [0.15, 0.2) is 0 Å². The molecule has 0 fully saturated rings. The second kappa shape index (κ2) is 7.30. The van der Waals surface area contributed by atoms with Crippen LogP contribution in [0.1, 0.15) is 67.7 Å². The van der Waals surface area contributed by atoms with E-state index in [1.54, 1.807) is 0 Å². The van der Waals surface area contributed by atoms with Crippen LogP contribution in [0.25, 0.3) is 0 Å². The molecule has 0 saturated carbocycles. The molecule has 0 spiro atoms. The summed E-state index contributed by atoms with van der Waals surface area (Å²) in [6.07, 6.45) is 4.16. The normalized spacial score (nSPS) is 16.4. The summed E-state index contributed by atoms with van der Waals surface area (Å²) in [6.45, 7) is 16.6.